The topological polar surface area (TPSA) is 24.4 Å². The summed E-state index contributed by atoms with van der Waals surface area (Å²) in [6, 6.07) is 5.70. The van der Waals surface area contributed by atoms with Gasteiger partial charge in [0.15, 0.2) is 0 Å². The lowest BCUT2D eigenvalue weighted by Gasteiger charge is -2.19. The molecule has 1 unspecified atom stereocenters. The first kappa shape index (κ1) is 17.1. The highest BCUT2D eigenvalue weighted by Crippen LogP contribution is 2.34. The van der Waals surface area contributed by atoms with E-state index in [4.69, 9.17) is 34.8 Å². The van der Waals surface area contributed by atoms with Crippen molar-refractivity contribution in [3.8, 4) is 0 Å². The molecule has 1 atom stereocenters. The minimum atomic E-state index is -0.234. The number of hydrogen-bond donors (Lipinski definition) is 1. The molecule has 1 aromatic rings. The van der Waals surface area contributed by atoms with Crippen molar-refractivity contribution in [3.63, 3.8) is 0 Å². The van der Waals surface area contributed by atoms with Crippen LogP contribution >= 0.6 is 34.8 Å². The van der Waals surface area contributed by atoms with Crippen LogP contribution < -0.4 is 5.32 Å². The number of halogens is 3. The number of nitrogens with zero attached hydrogens (tertiary/aromatic N) is 1. The van der Waals surface area contributed by atoms with Crippen molar-refractivity contribution in [2.75, 3.05) is 5.32 Å². The highest BCUT2D eigenvalue weighted by molar-refractivity contribution is 6.35. The second kappa shape index (κ2) is 7.43. The van der Waals surface area contributed by atoms with Gasteiger partial charge in [0.25, 0.3) is 0 Å². The summed E-state index contributed by atoms with van der Waals surface area (Å²) in [7, 11) is 0. The molecule has 0 saturated heterocycles. The van der Waals surface area contributed by atoms with Gasteiger partial charge in [-0.3, -0.25) is 4.99 Å². The molecule has 0 amide bonds. The fourth-order valence-corrected chi connectivity index (χ4v) is 3.27. The Bertz CT molecular complexity index is 842. The average molecular weight is 378 g/mol. The number of allylic oxidation sites excluding steroid dienone is 8. The molecule has 0 aromatic heterocycles. The molecule has 24 heavy (non-hydrogen) atoms. The quantitative estimate of drug-likeness (QED) is 0.474. The Labute approximate surface area is 156 Å². The smallest absolute Gasteiger partial charge is 0.0783 e. The third kappa shape index (κ3) is 3.67. The second-order valence-corrected chi connectivity index (χ2v) is 6.59. The van der Waals surface area contributed by atoms with Gasteiger partial charge in [-0.2, -0.15) is 0 Å². The van der Waals surface area contributed by atoms with Gasteiger partial charge in [0.1, 0.15) is 0 Å². The summed E-state index contributed by atoms with van der Waals surface area (Å²) < 4.78 is 0. The molecule has 1 heterocycles. The lowest BCUT2D eigenvalue weighted by Crippen LogP contribution is -2.07. The van der Waals surface area contributed by atoms with Gasteiger partial charge in [-0.25, -0.2) is 0 Å². The van der Waals surface area contributed by atoms with Gasteiger partial charge in [0.05, 0.1) is 11.1 Å². The number of anilines is 1. The summed E-state index contributed by atoms with van der Waals surface area (Å²) in [6.07, 6.45) is 13.2. The Hall–Kier alpha value is -1.74. The molecule has 2 nitrogen and oxygen atoms in total. The molecule has 1 aliphatic heterocycles. The maximum Gasteiger partial charge on any atom is 0.0783 e. The molecule has 0 saturated carbocycles. The highest BCUT2D eigenvalue weighted by Gasteiger charge is 2.16. The molecule has 0 bridgehead atoms. The van der Waals surface area contributed by atoms with E-state index in [9.17, 15) is 0 Å². The van der Waals surface area contributed by atoms with Gasteiger partial charge in [-0.15, -0.1) is 11.6 Å². The Balaban J connectivity index is 1.99. The zero-order chi connectivity index (χ0) is 17.1. The lowest BCUT2D eigenvalue weighted by molar-refractivity contribution is 1.25. The van der Waals surface area contributed by atoms with Crippen LogP contribution in [0.2, 0.25) is 5.02 Å². The van der Waals surface area contributed by atoms with E-state index in [-0.39, 0.29) is 5.38 Å². The summed E-state index contributed by atoms with van der Waals surface area (Å²) >= 11 is 18.6. The number of hydrogen-bond acceptors (Lipinski definition) is 2. The molecule has 0 spiro atoms. The largest absolute Gasteiger partial charge is 0.355 e. The van der Waals surface area contributed by atoms with Gasteiger partial charge in [0.2, 0.25) is 0 Å². The van der Waals surface area contributed by atoms with E-state index in [1.54, 1.807) is 6.21 Å². The van der Waals surface area contributed by atoms with Crippen molar-refractivity contribution >= 4 is 52.4 Å². The van der Waals surface area contributed by atoms with E-state index in [1.165, 1.54) is 0 Å². The summed E-state index contributed by atoms with van der Waals surface area (Å²) in [5, 5.41) is 4.43. The van der Waals surface area contributed by atoms with Crippen LogP contribution in [0, 0.1) is 0 Å². The molecule has 0 radical (unpaired) electrons. The molecule has 1 aliphatic carbocycles. The number of aliphatic imine (C=N–C) groups is 1. The number of alkyl halides is 1. The molecule has 122 valence electrons. The monoisotopic (exact) mass is 376 g/mol. The van der Waals surface area contributed by atoms with Gasteiger partial charge in [-0.05, 0) is 48.9 Å². The summed E-state index contributed by atoms with van der Waals surface area (Å²) in [5.41, 5.74) is 4.56. The SMILES string of the molecule is CC=NC1=CC(=CC=C2C(Cl)=CC=CC2Cl)Nc2cc(Cl)ccc21. The Morgan fingerprint density at radius 2 is 2.04 bits per heavy atom. The molecule has 2 aliphatic rings. The minimum absolute atomic E-state index is 0.234. The van der Waals surface area contributed by atoms with Crippen LogP contribution in [0.4, 0.5) is 5.69 Å². The van der Waals surface area contributed by atoms with E-state index in [0.717, 1.165) is 28.2 Å². The summed E-state index contributed by atoms with van der Waals surface area (Å²) in [4.78, 5) is 4.45. The van der Waals surface area contributed by atoms with Crippen LogP contribution in [0.25, 0.3) is 5.70 Å². The van der Waals surface area contributed by atoms with Crippen LogP contribution in [0.15, 0.2) is 76.0 Å². The fourth-order valence-electron chi connectivity index (χ4n) is 2.52. The van der Waals surface area contributed by atoms with Crippen molar-refractivity contribution in [1.29, 1.82) is 0 Å². The summed E-state index contributed by atoms with van der Waals surface area (Å²) in [6.45, 7) is 1.89. The van der Waals surface area contributed by atoms with Gasteiger partial charge in [0, 0.05) is 33.2 Å². The van der Waals surface area contributed by atoms with Gasteiger partial charge in [-0.1, -0.05) is 41.4 Å². The van der Waals surface area contributed by atoms with Crippen LogP contribution in [0.5, 0.6) is 0 Å². The average Bonchev–Trinajstić information content (AvgIpc) is 2.54. The summed E-state index contributed by atoms with van der Waals surface area (Å²) in [5.74, 6) is 0. The van der Waals surface area contributed by atoms with Crippen molar-refractivity contribution in [1.82, 2.24) is 0 Å². The maximum atomic E-state index is 6.29. The predicted octanol–water partition coefficient (Wildman–Crippen LogP) is 6.31. The molecular weight excluding hydrogens is 363 g/mol. The third-order valence-corrected chi connectivity index (χ3v) is 4.59. The molecule has 1 N–H and O–H groups in total. The minimum Gasteiger partial charge on any atom is -0.355 e. The van der Waals surface area contributed by atoms with Crippen LogP contribution in [0.3, 0.4) is 0 Å². The fraction of sp³-hybridized carbons (Fsp3) is 0.105. The third-order valence-electron chi connectivity index (χ3n) is 3.63. The first-order valence-corrected chi connectivity index (χ1v) is 8.65. The molecule has 5 heteroatoms. The Morgan fingerprint density at radius 3 is 2.79 bits per heavy atom. The van der Waals surface area contributed by atoms with Crippen molar-refractivity contribution in [2.45, 2.75) is 12.3 Å². The van der Waals surface area contributed by atoms with Gasteiger partial charge >= 0.3 is 0 Å². The Kier molecular flexibility index (Phi) is 5.30. The molecular formula is C19H15Cl3N2. The lowest BCUT2D eigenvalue weighted by atomic mass is 10.0. The van der Waals surface area contributed by atoms with Crippen molar-refractivity contribution in [2.24, 2.45) is 4.99 Å². The first-order valence-electron chi connectivity index (χ1n) is 7.46. The zero-order valence-electron chi connectivity index (χ0n) is 12.9. The van der Waals surface area contributed by atoms with Crippen LogP contribution in [0.1, 0.15) is 12.5 Å². The standard InChI is InChI=1S/C19H15Cl3N2/c1-2-23-18-11-13(24-19-10-12(20)6-8-15(18)19)7-9-14-16(21)4-3-5-17(14)22/h2-11,16,24H,1H3. The van der Waals surface area contributed by atoms with Crippen molar-refractivity contribution < 1.29 is 0 Å². The van der Waals surface area contributed by atoms with Crippen LogP contribution in [-0.2, 0) is 0 Å². The highest BCUT2D eigenvalue weighted by atomic mass is 35.5. The molecule has 3 rings (SSSR count). The van der Waals surface area contributed by atoms with E-state index in [1.807, 2.05) is 61.6 Å². The van der Waals surface area contributed by atoms with E-state index in [0.29, 0.717) is 10.1 Å². The second-order valence-electron chi connectivity index (χ2n) is 5.28. The normalized spacial score (nSPS) is 23.2. The molecule has 0 fully saturated rings. The number of nitrogens with one attached hydrogen (secondary N) is 1. The number of fused-ring (bicyclic) bond motifs is 1. The number of benzene rings is 1. The zero-order valence-corrected chi connectivity index (χ0v) is 15.2. The van der Waals surface area contributed by atoms with Crippen LogP contribution in [-0.4, -0.2) is 11.6 Å². The van der Waals surface area contributed by atoms with E-state index >= 15 is 0 Å². The van der Waals surface area contributed by atoms with E-state index in [2.05, 4.69) is 10.3 Å². The number of rotatable bonds is 2. The van der Waals surface area contributed by atoms with E-state index < -0.39 is 0 Å². The van der Waals surface area contributed by atoms with Crippen molar-refractivity contribution in [3.05, 3.63) is 81.5 Å². The van der Waals surface area contributed by atoms with Gasteiger partial charge < -0.3 is 5.32 Å². The first-order chi connectivity index (χ1) is 11.6. The molecule has 1 aromatic carbocycles. The Morgan fingerprint density at radius 1 is 1.21 bits per heavy atom. The predicted molar refractivity (Wildman–Crippen MR) is 106 cm³/mol. The maximum absolute atomic E-state index is 6.29.